The smallest absolute Gasteiger partial charge is 0.188 e. The van der Waals surface area contributed by atoms with Gasteiger partial charge in [0.2, 0.25) is 0 Å². The van der Waals surface area contributed by atoms with E-state index in [9.17, 15) is 9.59 Å². The fourth-order valence-corrected chi connectivity index (χ4v) is 11.4. The molecule has 0 saturated carbocycles. The molecule has 0 bridgehead atoms. The molecule has 0 atom stereocenters. The second-order valence-electron chi connectivity index (χ2n) is 9.07. The van der Waals surface area contributed by atoms with E-state index in [1.54, 1.807) is 0 Å². The summed E-state index contributed by atoms with van der Waals surface area (Å²) in [6, 6.07) is 6.85. The molecule has 0 amide bonds. The average molecular weight is 588 g/mol. The van der Waals surface area contributed by atoms with Crippen molar-refractivity contribution in [3.8, 4) is 0 Å². The molecule has 0 heterocycles. The number of hydrogen-bond acceptors (Lipinski definition) is 4. The Morgan fingerprint density at radius 2 is 0.485 bits per heavy atom. The summed E-state index contributed by atoms with van der Waals surface area (Å²) in [6.45, 7) is 13.3. The second-order valence-corrected chi connectivity index (χ2v) is 17.0. The van der Waals surface area contributed by atoms with Gasteiger partial charge in [-0.2, -0.15) is 0 Å². The SMILES string of the molecule is CCCC[Si](O)(CCCC)CCCC.CCCC[Si](O)(CCCC)CCCC.CO.CO.[Zr]. The van der Waals surface area contributed by atoms with E-state index in [0.717, 1.165) is 50.5 Å². The van der Waals surface area contributed by atoms with Gasteiger partial charge in [-0.15, -0.1) is 0 Å². The number of unbranched alkanes of at least 4 members (excludes halogenated alkanes) is 6. The Labute approximate surface area is 230 Å². The standard InChI is InChI=1S/2C12H28OSi.2CH4O.Zr/c2*1-4-7-10-14(13,11-8-5-2)12-9-6-3;2*1-2;/h2*13H,4-12H2,1-3H3;2*2H,1H3;. The molecule has 0 saturated heterocycles. The summed E-state index contributed by atoms with van der Waals surface area (Å²) in [5, 5.41) is 14.0. The summed E-state index contributed by atoms with van der Waals surface area (Å²) >= 11 is 0. The molecule has 0 aliphatic carbocycles. The van der Waals surface area contributed by atoms with Gasteiger partial charge in [0.05, 0.1) is 0 Å². The molecule has 4 nitrogen and oxygen atoms in total. The Morgan fingerprint density at radius 3 is 0.576 bits per heavy atom. The van der Waals surface area contributed by atoms with Crippen LogP contribution in [0.25, 0.3) is 0 Å². The summed E-state index contributed by atoms with van der Waals surface area (Å²) in [6.07, 6.45) is 14.8. The van der Waals surface area contributed by atoms with Gasteiger partial charge in [0.1, 0.15) is 0 Å². The molecular formula is C26H64O4Si2Zr. The zero-order valence-electron chi connectivity index (χ0n) is 24.0. The van der Waals surface area contributed by atoms with Crippen LogP contribution >= 0.6 is 0 Å². The zero-order valence-corrected chi connectivity index (χ0v) is 28.5. The summed E-state index contributed by atoms with van der Waals surface area (Å²) in [7, 11) is -1.62. The third-order valence-corrected chi connectivity index (χ3v) is 13.7. The van der Waals surface area contributed by atoms with Gasteiger partial charge in [-0.1, -0.05) is 119 Å². The molecular weight excluding hydrogens is 524 g/mol. The molecule has 4 N–H and O–H groups in total. The number of rotatable bonds is 18. The second kappa shape index (κ2) is 35.3. The molecule has 0 rings (SSSR count). The minimum Gasteiger partial charge on any atom is -0.432 e. The predicted molar refractivity (Wildman–Crippen MR) is 151 cm³/mol. The van der Waals surface area contributed by atoms with Crippen molar-refractivity contribution in [2.75, 3.05) is 14.2 Å². The Morgan fingerprint density at radius 1 is 0.364 bits per heavy atom. The first-order chi connectivity index (χ1) is 15.4. The molecule has 0 aromatic carbocycles. The van der Waals surface area contributed by atoms with Crippen LogP contribution in [0.15, 0.2) is 0 Å². The minimum absolute atomic E-state index is 0. The molecule has 7 heteroatoms. The van der Waals surface area contributed by atoms with Crippen molar-refractivity contribution < 1.29 is 46.0 Å². The zero-order chi connectivity index (χ0) is 25.7. The van der Waals surface area contributed by atoms with Crippen LogP contribution in [0.4, 0.5) is 0 Å². The maximum atomic E-state index is 10.5. The van der Waals surface area contributed by atoms with Crippen LogP contribution in [0.3, 0.4) is 0 Å². The van der Waals surface area contributed by atoms with E-state index in [-0.39, 0.29) is 26.2 Å². The largest absolute Gasteiger partial charge is 0.432 e. The van der Waals surface area contributed by atoms with Gasteiger partial charge >= 0.3 is 0 Å². The van der Waals surface area contributed by atoms with Crippen LogP contribution in [0.2, 0.25) is 36.3 Å². The van der Waals surface area contributed by atoms with E-state index in [4.69, 9.17) is 10.2 Å². The van der Waals surface area contributed by atoms with Gasteiger partial charge in [0, 0.05) is 40.4 Å². The van der Waals surface area contributed by atoms with Crippen molar-refractivity contribution in [3.63, 3.8) is 0 Å². The van der Waals surface area contributed by atoms with Gasteiger partial charge in [-0.25, -0.2) is 0 Å². The average Bonchev–Trinajstić information content (AvgIpc) is 2.84. The fourth-order valence-electron chi connectivity index (χ4n) is 3.79. The van der Waals surface area contributed by atoms with E-state index in [1.807, 2.05) is 0 Å². The Bertz CT molecular complexity index is 251. The van der Waals surface area contributed by atoms with Gasteiger partial charge in [-0.05, 0) is 36.3 Å². The summed E-state index contributed by atoms with van der Waals surface area (Å²) in [5.74, 6) is 0. The fraction of sp³-hybridized carbons (Fsp3) is 1.00. The summed E-state index contributed by atoms with van der Waals surface area (Å²) in [5.41, 5.74) is 0. The van der Waals surface area contributed by atoms with Crippen LogP contribution in [-0.4, -0.2) is 50.7 Å². The first-order valence-electron chi connectivity index (χ1n) is 13.7. The molecule has 0 spiro atoms. The van der Waals surface area contributed by atoms with Crippen LogP contribution in [-0.2, 0) is 26.2 Å². The molecule has 204 valence electrons. The van der Waals surface area contributed by atoms with Gasteiger partial charge in [-0.3, -0.25) is 0 Å². The number of aliphatic hydroxyl groups is 2. The maximum Gasteiger partial charge on any atom is 0.188 e. The van der Waals surface area contributed by atoms with Crippen LogP contribution in [0.5, 0.6) is 0 Å². The normalized spacial score (nSPS) is 10.5. The topological polar surface area (TPSA) is 80.9 Å². The van der Waals surface area contributed by atoms with E-state index in [2.05, 4.69) is 41.5 Å². The van der Waals surface area contributed by atoms with Crippen molar-refractivity contribution in [2.45, 2.75) is 155 Å². The first kappa shape index (κ1) is 44.2. The van der Waals surface area contributed by atoms with Crippen molar-refractivity contribution >= 4 is 16.6 Å². The van der Waals surface area contributed by atoms with Crippen molar-refractivity contribution in [1.82, 2.24) is 0 Å². The third kappa shape index (κ3) is 33.2. The number of aliphatic hydroxyl groups excluding tert-OH is 2. The van der Waals surface area contributed by atoms with Gasteiger partial charge in [0.25, 0.3) is 0 Å². The van der Waals surface area contributed by atoms with Crippen LogP contribution in [0.1, 0.15) is 119 Å². The Hall–Kier alpha value is 1.16. The van der Waals surface area contributed by atoms with E-state index in [1.165, 1.54) is 77.0 Å². The maximum absolute atomic E-state index is 10.5. The van der Waals surface area contributed by atoms with Crippen LogP contribution in [0, 0.1) is 0 Å². The van der Waals surface area contributed by atoms with Crippen molar-refractivity contribution in [3.05, 3.63) is 0 Å². The first-order valence-corrected chi connectivity index (χ1v) is 18.8. The summed E-state index contributed by atoms with van der Waals surface area (Å²) < 4.78 is 0. The summed E-state index contributed by atoms with van der Waals surface area (Å²) in [4.78, 5) is 21.1. The molecule has 0 unspecified atom stereocenters. The molecule has 0 aliphatic heterocycles. The Balaban J connectivity index is -0.000000134. The van der Waals surface area contributed by atoms with E-state index >= 15 is 0 Å². The number of hydrogen-bond donors (Lipinski definition) is 4. The molecule has 0 fully saturated rings. The van der Waals surface area contributed by atoms with Crippen molar-refractivity contribution in [1.29, 1.82) is 0 Å². The Kier molecular flexibility index (Phi) is 47.3. The predicted octanol–water partition coefficient (Wildman–Crippen LogP) is 7.86. The molecule has 33 heavy (non-hydrogen) atoms. The van der Waals surface area contributed by atoms with Crippen LogP contribution < -0.4 is 0 Å². The molecule has 0 aromatic heterocycles. The molecule has 0 aliphatic rings. The van der Waals surface area contributed by atoms with Gasteiger partial charge in [0.15, 0.2) is 16.6 Å². The van der Waals surface area contributed by atoms with E-state index in [0.29, 0.717) is 0 Å². The monoisotopic (exact) mass is 586 g/mol. The molecule has 0 aromatic rings. The minimum atomic E-state index is -1.81. The van der Waals surface area contributed by atoms with Crippen molar-refractivity contribution in [2.24, 2.45) is 0 Å². The molecule has 0 radical (unpaired) electrons. The van der Waals surface area contributed by atoms with E-state index < -0.39 is 16.6 Å². The quantitative estimate of drug-likeness (QED) is 0.123. The third-order valence-electron chi connectivity index (χ3n) is 5.97. The van der Waals surface area contributed by atoms with Gasteiger partial charge < -0.3 is 19.8 Å².